The molecule has 1 rings (SSSR count). The van der Waals surface area contributed by atoms with Crippen LogP contribution in [-0.4, -0.2) is 22.7 Å². The first-order valence-corrected chi connectivity index (χ1v) is 5.87. The van der Waals surface area contributed by atoms with Crippen molar-refractivity contribution >= 4 is 21.9 Å². The highest BCUT2D eigenvalue weighted by molar-refractivity contribution is 9.08. The fourth-order valence-corrected chi connectivity index (χ4v) is 1.88. The van der Waals surface area contributed by atoms with Crippen molar-refractivity contribution in [1.82, 2.24) is 4.98 Å². The van der Waals surface area contributed by atoms with Gasteiger partial charge >= 0.3 is 5.97 Å². The number of hydrogen-bond donors (Lipinski definition) is 1. The summed E-state index contributed by atoms with van der Waals surface area (Å²) in [6.07, 6.45) is -2.00. The van der Waals surface area contributed by atoms with Crippen LogP contribution < -0.4 is 0 Å². The van der Waals surface area contributed by atoms with E-state index in [9.17, 15) is 18.7 Å². The molecule has 1 aromatic heterocycles. The standard InChI is InChI=1S/C10H10BrF2NO3/c1-2-17-10(16)7-5(3-11)8(9(12)13)14-4-6(7)15/h4,9,15H,2-3H2,1H3. The molecule has 0 atom stereocenters. The molecule has 0 aliphatic carbocycles. The lowest BCUT2D eigenvalue weighted by atomic mass is 10.1. The predicted octanol–water partition coefficient (Wildman–Crippen LogP) is 2.80. The summed E-state index contributed by atoms with van der Waals surface area (Å²) in [4.78, 5) is 15.0. The van der Waals surface area contributed by atoms with Crippen molar-refractivity contribution in [3.05, 3.63) is 23.0 Å². The summed E-state index contributed by atoms with van der Waals surface area (Å²) in [5.41, 5.74) is -0.866. The van der Waals surface area contributed by atoms with Crippen LogP contribution in [0.4, 0.5) is 8.78 Å². The Balaban J connectivity index is 3.35. The Hall–Kier alpha value is -1.24. The number of esters is 1. The molecule has 0 aromatic carbocycles. The van der Waals surface area contributed by atoms with Crippen LogP contribution in [0.3, 0.4) is 0 Å². The number of aromatic hydroxyl groups is 1. The van der Waals surface area contributed by atoms with Crippen LogP contribution in [-0.2, 0) is 10.1 Å². The number of carbonyl (C=O) groups is 1. The molecule has 0 fully saturated rings. The van der Waals surface area contributed by atoms with E-state index in [1.54, 1.807) is 6.92 Å². The number of hydrogen-bond acceptors (Lipinski definition) is 4. The Kier molecular flexibility index (Phi) is 4.80. The third-order valence-corrected chi connectivity index (χ3v) is 2.57. The zero-order chi connectivity index (χ0) is 13.0. The van der Waals surface area contributed by atoms with Crippen molar-refractivity contribution in [3.8, 4) is 5.75 Å². The molecule has 0 radical (unpaired) electrons. The topological polar surface area (TPSA) is 59.4 Å². The molecule has 0 aliphatic rings. The summed E-state index contributed by atoms with van der Waals surface area (Å²) in [5, 5.41) is 9.47. The largest absolute Gasteiger partial charge is 0.505 e. The van der Waals surface area contributed by atoms with Gasteiger partial charge in [-0.3, -0.25) is 4.98 Å². The fraction of sp³-hybridized carbons (Fsp3) is 0.400. The average Bonchev–Trinajstić information content (AvgIpc) is 2.28. The zero-order valence-corrected chi connectivity index (χ0v) is 10.5. The van der Waals surface area contributed by atoms with Crippen LogP contribution >= 0.6 is 15.9 Å². The molecule has 0 bridgehead atoms. The Morgan fingerprint density at radius 1 is 1.65 bits per heavy atom. The van der Waals surface area contributed by atoms with Crippen LogP contribution in [0, 0.1) is 0 Å². The summed E-state index contributed by atoms with van der Waals surface area (Å²) >= 11 is 2.99. The van der Waals surface area contributed by atoms with Crippen LogP contribution in [0.15, 0.2) is 6.20 Å². The molecule has 1 aromatic rings. The summed E-state index contributed by atoms with van der Waals surface area (Å²) in [6, 6.07) is 0. The Bertz CT molecular complexity index is 426. The Morgan fingerprint density at radius 3 is 2.76 bits per heavy atom. The molecular weight excluding hydrogens is 300 g/mol. The van der Waals surface area contributed by atoms with Gasteiger partial charge in [0.25, 0.3) is 6.43 Å². The average molecular weight is 310 g/mol. The van der Waals surface area contributed by atoms with Crippen LogP contribution in [0.5, 0.6) is 5.75 Å². The molecule has 0 amide bonds. The van der Waals surface area contributed by atoms with Crippen molar-refractivity contribution < 1.29 is 23.4 Å². The van der Waals surface area contributed by atoms with E-state index in [0.29, 0.717) is 0 Å². The fourth-order valence-electron chi connectivity index (χ4n) is 1.31. The number of nitrogens with zero attached hydrogens (tertiary/aromatic N) is 1. The zero-order valence-electron chi connectivity index (χ0n) is 8.91. The van der Waals surface area contributed by atoms with Crippen LogP contribution in [0.1, 0.15) is 35.0 Å². The summed E-state index contributed by atoms with van der Waals surface area (Å²) < 4.78 is 30.0. The van der Waals surface area contributed by atoms with Crippen molar-refractivity contribution in [3.63, 3.8) is 0 Å². The number of aromatic nitrogens is 1. The Labute approximate surface area is 105 Å². The lowest BCUT2D eigenvalue weighted by molar-refractivity contribution is 0.0521. The number of rotatable bonds is 4. The number of halogens is 3. The third-order valence-electron chi connectivity index (χ3n) is 2.01. The van der Waals surface area contributed by atoms with E-state index >= 15 is 0 Å². The minimum Gasteiger partial charge on any atom is -0.505 e. The summed E-state index contributed by atoms with van der Waals surface area (Å²) in [6.45, 7) is 1.67. The highest BCUT2D eigenvalue weighted by atomic mass is 79.9. The summed E-state index contributed by atoms with van der Waals surface area (Å²) in [5.74, 6) is -1.31. The van der Waals surface area contributed by atoms with E-state index in [1.165, 1.54) is 0 Å². The number of alkyl halides is 3. The van der Waals surface area contributed by atoms with Gasteiger partial charge < -0.3 is 9.84 Å². The first kappa shape index (κ1) is 13.8. The van der Waals surface area contributed by atoms with Crippen LogP contribution in [0.25, 0.3) is 0 Å². The SMILES string of the molecule is CCOC(=O)c1c(O)cnc(C(F)F)c1CBr. The van der Waals surface area contributed by atoms with Gasteiger partial charge in [-0.25, -0.2) is 13.6 Å². The molecule has 4 nitrogen and oxygen atoms in total. The van der Waals surface area contributed by atoms with Gasteiger partial charge in [0, 0.05) is 10.9 Å². The molecule has 0 saturated carbocycles. The van der Waals surface area contributed by atoms with Gasteiger partial charge in [0.1, 0.15) is 17.0 Å². The smallest absolute Gasteiger partial charge is 0.342 e. The van der Waals surface area contributed by atoms with Gasteiger partial charge in [-0.1, -0.05) is 15.9 Å². The van der Waals surface area contributed by atoms with Crippen molar-refractivity contribution in [2.75, 3.05) is 6.61 Å². The van der Waals surface area contributed by atoms with Crippen molar-refractivity contribution in [2.45, 2.75) is 18.7 Å². The van der Waals surface area contributed by atoms with E-state index < -0.39 is 23.8 Å². The number of carbonyl (C=O) groups excluding carboxylic acids is 1. The number of ether oxygens (including phenoxy) is 1. The predicted molar refractivity (Wildman–Crippen MR) is 59.4 cm³/mol. The first-order valence-electron chi connectivity index (χ1n) is 4.74. The molecule has 0 saturated heterocycles. The molecule has 1 heterocycles. The third kappa shape index (κ3) is 2.91. The van der Waals surface area contributed by atoms with Gasteiger partial charge in [-0.2, -0.15) is 0 Å². The second kappa shape index (κ2) is 5.90. The highest BCUT2D eigenvalue weighted by Crippen LogP contribution is 2.30. The van der Waals surface area contributed by atoms with Gasteiger partial charge in [-0.15, -0.1) is 0 Å². The molecule has 1 N–H and O–H groups in total. The lowest BCUT2D eigenvalue weighted by Crippen LogP contribution is -2.11. The van der Waals surface area contributed by atoms with Gasteiger partial charge in [0.15, 0.2) is 0 Å². The number of pyridine rings is 1. The summed E-state index contributed by atoms with van der Waals surface area (Å²) in [7, 11) is 0. The minimum atomic E-state index is -2.82. The van der Waals surface area contributed by atoms with E-state index in [2.05, 4.69) is 20.9 Å². The highest BCUT2D eigenvalue weighted by Gasteiger charge is 2.25. The van der Waals surface area contributed by atoms with Crippen molar-refractivity contribution in [1.29, 1.82) is 0 Å². The molecule has 7 heteroatoms. The normalized spacial score (nSPS) is 10.6. The second-order valence-corrected chi connectivity index (χ2v) is 3.60. The molecular formula is C10H10BrF2NO3. The lowest BCUT2D eigenvalue weighted by Gasteiger charge is -2.12. The quantitative estimate of drug-likeness (QED) is 0.686. The molecule has 0 aliphatic heterocycles. The maximum absolute atomic E-state index is 12.7. The molecule has 0 spiro atoms. The molecule has 94 valence electrons. The van der Waals surface area contributed by atoms with E-state index in [-0.39, 0.29) is 23.1 Å². The van der Waals surface area contributed by atoms with Gasteiger partial charge in [-0.05, 0) is 6.92 Å². The minimum absolute atomic E-state index is 0.0256. The van der Waals surface area contributed by atoms with Gasteiger partial charge in [0.2, 0.25) is 0 Å². The van der Waals surface area contributed by atoms with Crippen LogP contribution in [0.2, 0.25) is 0 Å². The van der Waals surface area contributed by atoms with Gasteiger partial charge in [0.05, 0.1) is 12.8 Å². The molecule has 17 heavy (non-hydrogen) atoms. The van der Waals surface area contributed by atoms with E-state index in [4.69, 9.17) is 4.74 Å². The Morgan fingerprint density at radius 2 is 2.29 bits per heavy atom. The monoisotopic (exact) mass is 309 g/mol. The maximum atomic E-state index is 12.7. The van der Waals surface area contributed by atoms with E-state index in [1.807, 2.05) is 0 Å². The first-order chi connectivity index (χ1) is 8.02. The van der Waals surface area contributed by atoms with Crippen molar-refractivity contribution in [2.24, 2.45) is 0 Å². The molecule has 0 unspecified atom stereocenters. The maximum Gasteiger partial charge on any atom is 0.342 e. The second-order valence-electron chi connectivity index (χ2n) is 3.04. The van der Waals surface area contributed by atoms with E-state index in [0.717, 1.165) is 6.20 Å².